The Bertz CT molecular complexity index is 882. The Kier molecular flexibility index (Phi) is 5.97. The number of hydrogen-bond acceptors (Lipinski definition) is 5. The van der Waals surface area contributed by atoms with E-state index in [0.717, 1.165) is 0 Å². The minimum atomic E-state index is -0.658. The molecule has 9 heteroatoms. The van der Waals surface area contributed by atoms with Gasteiger partial charge in [-0.25, -0.2) is 0 Å². The van der Waals surface area contributed by atoms with Crippen LogP contribution in [0.2, 0.25) is 10.0 Å². The minimum absolute atomic E-state index is 0.00883. The van der Waals surface area contributed by atoms with Gasteiger partial charge in [-0.15, -0.1) is 0 Å². The van der Waals surface area contributed by atoms with Crippen molar-refractivity contribution in [2.75, 3.05) is 39.9 Å². The third-order valence-electron chi connectivity index (χ3n) is 6.23. The maximum Gasteiger partial charge on any atom is 0.227 e. The number of carbonyl (C=O) groups is 3. The first-order valence-corrected chi connectivity index (χ1v) is 10.8. The van der Waals surface area contributed by atoms with Crippen molar-refractivity contribution < 1.29 is 23.9 Å². The molecule has 2 fully saturated rings. The summed E-state index contributed by atoms with van der Waals surface area (Å²) < 4.78 is 11.3. The number of methoxy groups -OCH3 is 1. The van der Waals surface area contributed by atoms with Crippen LogP contribution in [0.1, 0.15) is 36.0 Å². The molecule has 1 atom stereocenters. The third kappa shape index (κ3) is 4.03. The van der Waals surface area contributed by atoms with Gasteiger partial charge >= 0.3 is 0 Å². The monoisotopic (exact) mass is 454 g/mol. The van der Waals surface area contributed by atoms with E-state index in [1.807, 2.05) is 0 Å². The zero-order valence-corrected chi connectivity index (χ0v) is 18.3. The first-order valence-electron chi connectivity index (χ1n) is 10.1. The van der Waals surface area contributed by atoms with Crippen LogP contribution in [0.5, 0.6) is 5.75 Å². The van der Waals surface area contributed by atoms with E-state index in [9.17, 15) is 14.4 Å². The lowest BCUT2D eigenvalue weighted by molar-refractivity contribution is -0.139. The van der Waals surface area contributed by atoms with Gasteiger partial charge in [0.2, 0.25) is 11.8 Å². The number of likely N-dealkylation sites (tertiary alicyclic amines) is 2. The van der Waals surface area contributed by atoms with Gasteiger partial charge in [0.15, 0.2) is 5.78 Å². The summed E-state index contributed by atoms with van der Waals surface area (Å²) in [5.41, 5.74) is -0.244. The van der Waals surface area contributed by atoms with Crippen LogP contribution in [0.3, 0.4) is 0 Å². The number of ketones is 1. The highest BCUT2D eigenvalue weighted by Gasteiger charge is 2.46. The van der Waals surface area contributed by atoms with Crippen LogP contribution < -0.4 is 4.74 Å². The summed E-state index contributed by atoms with van der Waals surface area (Å²) in [7, 11) is 1.59. The number of rotatable bonds is 4. The second kappa shape index (κ2) is 8.36. The Morgan fingerprint density at radius 3 is 2.70 bits per heavy atom. The molecule has 0 aromatic heterocycles. The van der Waals surface area contributed by atoms with Crippen LogP contribution in [0.15, 0.2) is 12.1 Å². The quantitative estimate of drug-likeness (QED) is 0.698. The number of piperidine rings is 1. The Morgan fingerprint density at radius 2 is 2.00 bits per heavy atom. The molecule has 0 N–H and O–H groups in total. The SMILES string of the molecule is COCCN1CC(C(=O)N2CCC3(CC2)CC(=O)c2cc(Cl)cc(Cl)c2O3)CC1=O. The Hall–Kier alpha value is -1.83. The predicted octanol–water partition coefficient (Wildman–Crippen LogP) is 2.81. The fourth-order valence-corrected chi connectivity index (χ4v) is 5.07. The highest BCUT2D eigenvalue weighted by molar-refractivity contribution is 6.36. The normalized spacial score (nSPS) is 23.0. The highest BCUT2D eigenvalue weighted by atomic mass is 35.5. The molecule has 162 valence electrons. The maximum absolute atomic E-state index is 13.0. The predicted molar refractivity (Wildman–Crippen MR) is 111 cm³/mol. The number of carbonyl (C=O) groups excluding carboxylic acids is 3. The number of hydrogen-bond donors (Lipinski definition) is 0. The first-order chi connectivity index (χ1) is 14.3. The van der Waals surface area contributed by atoms with Crippen LogP contribution in [0.4, 0.5) is 0 Å². The number of benzene rings is 1. The summed E-state index contributed by atoms with van der Waals surface area (Å²) in [5, 5.41) is 0.724. The molecular formula is C21H24Cl2N2O5. The summed E-state index contributed by atoms with van der Waals surface area (Å²) in [6.07, 6.45) is 1.56. The molecule has 2 saturated heterocycles. The average Bonchev–Trinajstić information content (AvgIpc) is 3.08. The lowest BCUT2D eigenvalue weighted by Crippen LogP contribution is -2.53. The van der Waals surface area contributed by atoms with Gasteiger partial charge in [-0.3, -0.25) is 14.4 Å². The Balaban J connectivity index is 1.40. The molecule has 1 aromatic rings. The van der Waals surface area contributed by atoms with Crippen LogP contribution in [-0.2, 0) is 14.3 Å². The van der Waals surface area contributed by atoms with E-state index < -0.39 is 5.60 Å². The lowest BCUT2D eigenvalue weighted by atomic mass is 9.82. The van der Waals surface area contributed by atoms with E-state index in [-0.39, 0.29) is 36.4 Å². The molecule has 4 rings (SSSR count). The molecule has 1 aromatic carbocycles. The molecule has 1 spiro atoms. The van der Waals surface area contributed by atoms with Gasteiger partial charge < -0.3 is 19.3 Å². The van der Waals surface area contributed by atoms with Gasteiger partial charge in [0.1, 0.15) is 11.4 Å². The number of fused-ring (bicyclic) bond motifs is 1. The van der Waals surface area contributed by atoms with E-state index >= 15 is 0 Å². The van der Waals surface area contributed by atoms with Crippen molar-refractivity contribution in [2.24, 2.45) is 5.92 Å². The van der Waals surface area contributed by atoms with E-state index in [1.54, 1.807) is 29.0 Å². The Morgan fingerprint density at radius 1 is 1.27 bits per heavy atom. The summed E-state index contributed by atoms with van der Waals surface area (Å²) in [6.45, 7) is 2.36. The zero-order valence-electron chi connectivity index (χ0n) is 16.8. The lowest BCUT2D eigenvalue weighted by Gasteiger charge is -2.44. The number of amides is 2. The molecule has 3 heterocycles. The molecule has 0 radical (unpaired) electrons. The van der Waals surface area contributed by atoms with Gasteiger partial charge in [-0.1, -0.05) is 23.2 Å². The molecule has 7 nitrogen and oxygen atoms in total. The number of halogens is 2. The smallest absolute Gasteiger partial charge is 0.227 e. The topological polar surface area (TPSA) is 76.2 Å². The van der Waals surface area contributed by atoms with Crippen LogP contribution in [0, 0.1) is 5.92 Å². The van der Waals surface area contributed by atoms with Crippen molar-refractivity contribution in [3.05, 3.63) is 27.7 Å². The van der Waals surface area contributed by atoms with E-state index in [1.165, 1.54) is 0 Å². The fraction of sp³-hybridized carbons (Fsp3) is 0.571. The van der Waals surface area contributed by atoms with Crippen molar-refractivity contribution in [1.29, 1.82) is 0 Å². The van der Waals surface area contributed by atoms with Gasteiger partial charge in [-0.05, 0) is 12.1 Å². The molecule has 30 heavy (non-hydrogen) atoms. The molecule has 0 bridgehead atoms. The first kappa shape index (κ1) is 21.4. The van der Waals surface area contributed by atoms with Crippen molar-refractivity contribution in [1.82, 2.24) is 9.80 Å². The molecule has 1 unspecified atom stereocenters. The summed E-state index contributed by atoms with van der Waals surface area (Å²) in [5.74, 6) is -0.00652. The molecule has 0 saturated carbocycles. The summed E-state index contributed by atoms with van der Waals surface area (Å²) in [4.78, 5) is 41.3. The zero-order chi connectivity index (χ0) is 21.5. The second-order valence-electron chi connectivity index (χ2n) is 8.21. The maximum atomic E-state index is 13.0. The molecule has 3 aliphatic heterocycles. The van der Waals surface area contributed by atoms with Gasteiger partial charge in [0.25, 0.3) is 0 Å². The average molecular weight is 455 g/mol. The van der Waals surface area contributed by atoms with Crippen LogP contribution >= 0.6 is 23.2 Å². The number of nitrogens with zero attached hydrogens (tertiary/aromatic N) is 2. The second-order valence-corrected chi connectivity index (χ2v) is 9.05. The Labute approximate surface area is 185 Å². The fourth-order valence-electron chi connectivity index (χ4n) is 4.54. The van der Waals surface area contributed by atoms with Crippen LogP contribution in [0.25, 0.3) is 0 Å². The minimum Gasteiger partial charge on any atom is -0.484 e. The number of Topliss-reactive ketones (excluding diaryl/α,β-unsaturated/α-hetero) is 1. The number of ether oxygens (including phenoxy) is 2. The molecule has 2 amide bonds. The van der Waals surface area contributed by atoms with Gasteiger partial charge in [0, 0.05) is 57.6 Å². The standard InChI is InChI=1S/C21H24Cl2N2O5/c1-29-7-6-25-12-13(8-18(25)27)20(28)24-4-2-21(3-5-24)11-17(26)15-9-14(22)10-16(23)19(15)30-21/h9-10,13H,2-8,11-12H2,1H3. The van der Waals surface area contributed by atoms with Crippen LogP contribution in [-0.4, -0.2) is 72.9 Å². The largest absolute Gasteiger partial charge is 0.484 e. The van der Waals surface area contributed by atoms with Gasteiger partial charge in [0.05, 0.1) is 29.5 Å². The summed E-state index contributed by atoms with van der Waals surface area (Å²) >= 11 is 12.3. The van der Waals surface area contributed by atoms with Crippen molar-refractivity contribution in [3.63, 3.8) is 0 Å². The molecule has 3 aliphatic rings. The van der Waals surface area contributed by atoms with Crippen molar-refractivity contribution >= 4 is 40.8 Å². The summed E-state index contributed by atoms with van der Waals surface area (Å²) in [6, 6.07) is 3.16. The molecular weight excluding hydrogens is 431 g/mol. The van der Waals surface area contributed by atoms with E-state index in [2.05, 4.69) is 0 Å². The van der Waals surface area contributed by atoms with E-state index in [0.29, 0.717) is 67.0 Å². The third-order valence-corrected chi connectivity index (χ3v) is 6.72. The van der Waals surface area contributed by atoms with Crippen molar-refractivity contribution in [2.45, 2.75) is 31.3 Å². The highest BCUT2D eigenvalue weighted by Crippen LogP contribution is 2.44. The van der Waals surface area contributed by atoms with E-state index in [4.69, 9.17) is 32.7 Å². The van der Waals surface area contributed by atoms with Crippen molar-refractivity contribution in [3.8, 4) is 5.75 Å². The molecule has 0 aliphatic carbocycles. The van der Waals surface area contributed by atoms with Gasteiger partial charge in [-0.2, -0.15) is 0 Å².